The van der Waals surface area contributed by atoms with E-state index in [1.807, 2.05) is 19.0 Å². The van der Waals surface area contributed by atoms with Gasteiger partial charge in [0.05, 0.1) is 31.7 Å². The maximum absolute atomic E-state index is 12.9. The van der Waals surface area contributed by atoms with Crippen molar-refractivity contribution < 1.29 is 14.2 Å². The lowest BCUT2D eigenvalue weighted by Crippen LogP contribution is -2.21. The van der Waals surface area contributed by atoms with E-state index in [0.717, 1.165) is 12.7 Å². The largest absolute Gasteiger partial charge is 0.493 e. The molecule has 0 aliphatic carbocycles. The van der Waals surface area contributed by atoms with Crippen molar-refractivity contribution in [2.24, 2.45) is 0 Å². The highest BCUT2D eigenvalue weighted by Crippen LogP contribution is 2.28. The summed E-state index contributed by atoms with van der Waals surface area (Å²) in [6.07, 6.45) is 1.61. The molecule has 114 valence electrons. The van der Waals surface area contributed by atoms with Crippen LogP contribution >= 0.6 is 0 Å². The number of ether oxygens (including phenoxy) is 1. The molecule has 7 heteroatoms. The number of nitrogens with zero attached hydrogens (tertiary/aromatic N) is 4. The third-order valence-corrected chi connectivity index (χ3v) is 3.11. The van der Waals surface area contributed by atoms with Gasteiger partial charge in [-0.05, 0) is 26.2 Å². The van der Waals surface area contributed by atoms with Crippen molar-refractivity contribution in [2.75, 3.05) is 27.7 Å². The summed E-state index contributed by atoms with van der Waals surface area (Å²) in [6.45, 7) is 1.37. The van der Waals surface area contributed by atoms with Crippen molar-refractivity contribution in [1.82, 2.24) is 19.7 Å². The van der Waals surface area contributed by atoms with Gasteiger partial charge in [0, 0.05) is 6.54 Å². The first-order valence-electron chi connectivity index (χ1n) is 6.57. The zero-order chi connectivity index (χ0) is 15.4. The molecule has 2 heterocycles. The van der Waals surface area contributed by atoms with E-state index in [0.29, 0.717) is 23.7 Å². The molecule has 6 nitrogen and oxygen atoms in total. The molecule has 0 radical (unpaired) electrons. The van der Waals surface area contributed by atoms with Crippen LogP contribution in [0.2, 0.25) is 0 Å². The van der Waals surface area contributed by atoms with Crippen molar-refractivity contribution in [1.29, 1.82) is 0 Å². The fourth-order valence-electron chi connectivity index (χ4n) is 1.97. The molecule has 0 spiro atoms. The first kappa shape index (κ1) is 15.4. The Morgan fingerprint density at radius 1 is 1.38 bits per heavy atom. The quantitative estimate of drug-likeness (QED) is 0.863. The maximum Gasteiger partial charge on any atom is 0.163 e. The highest BCUT2D eigenvalue weighted by molar-refractivity contribution is 5.32. The van der Waals surface area contributed by atoms with Gasteiger partial charge in [0.2, 0.25) is 0 Å². The Hall–Kier alpha value is -1.99. The van der Waals surface area contributed by atoms with Crippen LogP contribution in [0.1, 0.15) is 17.5 Å². The van der Waals surface area contributed by atoms with E-state index in [4.69, 9.17) is 4.74 Å². The molecule has 0 aliphatic heterocycles. The van der Waals surface area contributed by atoms with Gasteiger partial charge >= 0.3 is 0 Å². The van der Waals surface area contributed by atoms with Gasteiger partial charge in [0.1, 0.15) is 17.6 Å². The van der Waals surface area contributed by atoms with Gasteiger partial charge in [-0.25, -0.2) is 4.39 Å². The number of pyridine rings is 1. The van der Waals surface area contributed by atoms with Crippen LogP contribution in [0.15, 0.2) is 24.5 Å². The number of rotatable bonds is 6. The smallest absolute Gasteiger partial charge is 0.163 e. The molecule has 2 rings (SSSR count). The van der Waals surface area contributed by atoms with Gasteiger partial charge in [-0.15, -0.1) is 0 Å². The van der Waals surface area contributed by atoms with E-state index in [2.05, 4.69) is 10.1 Å². The number of aliphatic hydroxyl groups is 1. The minimum Gasteiger partial charge on any atom is -0.493 e. The SMILES string of the molecule is COc1cnn(CCN(C)C)c1C(O)c1ccc(F)cn1. The van der Waals surface area contributed by atoms with Gasteiger partial charge in [0.15, 0.2) is 5.75 Å². The maximum atomic E-state index is 12.9. The summed E-state index contributed by atoms with van der Waals surface area (Å²) in [7, 11) is 5.43. The zero-order valence-electron chi connectivity index (χ0n) is 12.3. The minimum absolute atomic E-state index is 0.348. The zero-order valence-corrected chi connectivity index (χ0v) is 12.3. The van der Waals surface area contributed by atoms with E-state index >= 15 is 0 Å². The number of aliphatic hydroxyl groups excluding tert-OH is 1. The summed E-state index contributed by atoms with van der Waals surface area (Å²) in [5.74, 6) is 0.0337. The van der Waals surface area contributed by atoms with Gasteiger partial charge in [-0.1, -0.05) is 0 Å². The van der Waals surface area contributed by atoms with Gasteiger partial charge in [0.25, 0.3) is 0 Å². The van der Waals surface area contributed by atoms with Crippen molar-refractivity contribution >= 4 is 0 Å². The number of likely N-dealkylation sites (N-methyl/N-ethyl adjacent to an activating group) is 1. The van der Waals surface area contributed by atoms with Crippen LogP contribution in [0.4, 0.5) is 4.39 Å². The Kier molecular flexibility index (Phi) is 4.87. The molecule has 2 aromatic heterocycles. The normalized spacial score (nSPS) is 12.7. The van der Waals surface area contributed by atoms with Gasteiger partial charge in [-0.3, -0.25) is 9.67 Å². The van der Waals surface area contributed by atoms with Crippen molar-refractivity contribution in [3.05, 3.63) is 41.7 Å². The Balaban J connectivity index is 2.31. The first-order valence-corrected chi connectivity index (χ1v) is 6.57. The molecule has 0 fully saturated rings. The highest BCUT2D eigenvalue weighted by atomic mass is 19.1. The third kappa shape index (κ3) is 3.56. The minimum atomic E-state index is -1.02. The van der Waals surface area contributed by atoms with Crippen LogP contribution in [0.25, 0.3) is 0 Å². The molecule has 1 atom stereocenters. The summed E-state index contributed by atoms with van der Waals surface area (Å²) < 4.78 is 19.9. The van der Waals surface area contributed by atoms with Gasteiger partial charge in [-0.2, -0.15) is 5.10 Å². The Morgan fingerprint density at radius 3 is 2.71 bits per heavy atom. The molecule has 1 unspecified atom stereocenters. The van der Waals surface area contributed by atoms with Crippen LogP contribution < -0.4 is 4.74 Å². The van der Waals surface area contributed by atoms with Crippen LogP contribution in [0.5, 0.6) is 5.75 Å². The average Bonchev–Trinajstić information content (AvgIpc) is 2.88. The van der Waals surface area contributed by atoms with E-state index in [1.165, 1.54) is 19.2 Å². The molecule has 0 aromatic carbocycles. The van der Waals surface area contributed by atoms with Gasteiger partial charge < -0.3 is 14.7 Å². The molecule has 21 heavy (non-hydrogen) atoms. The van der Waals surface area contributed by atoms with Crippen molar-refractivity contribution in [3.8, 4) is 5.75 Å². The first-order chi connectivity index (χ1) is 10.0. The van der Waals surface area contributed by atoms with Crippen molar-refractivity contribution in [3.63, 3.8) is 0 Å². The fourth-order valence-corrected chi connectivity index (χ4v) is 1.97. The molecule has 2 aromatic rings. The molecular weight excluding hydrogens is 275 g/mol. The van der Waals surface area contributed by atoms with Crippen LogP contribution in [0, 0.1) is 5.82 Å². The molecular formula is C14H19FN4O2. The second-order valence-corrected chi connectivity index (χ2v) is 4.93. The summed E-state index contributed by atoms with van der Waals surface area (Å²) in [6, 6.07) is 2.71. The standard InChI is InChI=1S/C14H19FN4O2/c1-18(2)6-7-19-13(12(21-3)9-17-19)14(20)11-5-4-10(15)8-16-11/h4-5,8-9,14,20H,6-7H2,1-3H3. The van der Waals surface area contributed by atoms with Crippen LogP contribution in [-0.4, -0.2) is 52.5 Å². The number of aromatic nitrogens is 3. The summed E-state index contributed by atoms with van der Waals surface area (Å²) >= 11 is 0. The molecule has 0 bridgehead atoms. The lowest BCUT2D eigenvalue weighted by Gasteiger charge is -2.16. The lowest BCUT2D eigenvalue weighted by molar-refractivity contribution is 0.195. The van der Waals surface area contributed by atoms with Crippen LogP contribution in [-0.2, 0) is 6.54 Å². The predicted molar refractivity (Wildman–Crippen MR) is 75.6 cm³/mol. The number of hydrogen-bond acceptors (Lipinski definition) is 5. The molecule has 0 saturated heterocycles. The Bertz CT molecular complexity index is 583. The Labute approximate surface area is 122 Å². The van der Waals surface area contributed by atoms with Crippen molar-refractivity contribution in [2.45, 2.75) is 12.6 Å². The summed E-state index contributed by atoms with van der Waals surface area (Å²) in [5.41, 5.74) is 0.861. The lowest BCUT2D eigenvalue weighted by atomic mass is 10.1. The molecule has 0 aliphatic rings. The molecule has 1 N–H and O–H groups in total. The fraction of sp³-hybridized carbons (Fsp3) is 0.429. The monoisotopic (exact) mass is 294 g/mol. The molecule has 0 amide bonds. The number of halogens is 1. The highest BCUT2D eigenvalue weighted by Gasteiger charge is 2.22. The summed E-state index contributed by atoms with van der Waals surface area (Å²) in [5, 5.41) is 14.7. The van der Waals surface area contributed by atoms with E-state index < -0.39 is 11.9 Å². The van der Waals surface area contributed by atoms with E-state index in [9.17, 15) is 9.50 Å². The number of hydrogen-bond donors (Lipinski definition) is 1. The predicted octanol–water partition coefficient (Wildman–Crippen LogP) is 1.07. The number of methoxy groups -OCH3 is 1. The summed E-state index contributed by atoms with van der Waals surface area (Å²) in [4.78, 5) is 5.93. The Morgan fingerprint density at radius 2 is 2.14 bits per heavy atom. The second kappa shape index (κ2) is 6.64. The van der Waals surface area contributed by atoms with Crippen LogP contribution in [0.3, 0.4) is 0 Å². The average molecular weight is 294 g/mol. The third-order valence-electron chi connectivity index (χ3n) is 3.11. The topological polar surface area (TPSA) is 63.4 Å². The molecule has 0 saturated carbocycles. The second-order valence-electron chi connectivity index (χ2n) is 4.93. The van der Waals surface area contributed by atoms with E-state index in [1.54, 1.807) is 10.9 Å². The van der Waals surface area contributed by atoms with E-state index in [-0.39, 0.29) is 0 Å².